The Hall–Kier alpha value is -0.690. The minimum atomic E-state index is 0.563. The van der Waals surface area contributed by atoms with Gasteiger partial charge >= 0.3 is 0 Å². The number of halogens is 1. The van der Waals surface area contributed by atoms with E-state index >= 15 is 0 Å². The zero-order valence-corrected chi connectivity index (χ0v) is 14.1. The van der Waals surface area contributed by atoms with Crippen LogP contribution in [-0.4, -0.2) is 6.04 Å². The number of anilines is 1. The van der Waals surface area contributed by atoms with Gasteiger partial charge < -0.3 is 5.32 Å². The summed E-state index contributed by atoms with van der Waals surface area (Å²) in [4.78, 5) is 0. The molecule has 0 heterocycles. The predicted octanol–water partition coefficient (Wildman–Crippen LogP) is 6.59. The molecule has 0 aliphatic rings. The highest BCUT2D eigenvalue weighted by Crippen LogP contribution is 2.25. The predicted molar refractivity (Wildman–Crippen MR) is 91.9 cm³/mol. The summed E-state index contributed by atoms with van der Waals surface area (Å²) in [6, 6.07) is 6.85. The molecule has 1 aromatic rings. The van der Waals surface area contributed by atoms with Gasteiger partial charge in [0.05, 0.1) is 10.7 Å². The summed E-state index contributed by atoms with van der Waals surface area (Å²) in [7, 11) is 0. The van der Waals surface area contributed by atoms with E-state index < -0.39 is 0 Å². The highest BCUT2D eigenvalue weighted by Gasteiger charge is 2.10. The second-order valence-electron chi connectivity index (χ2n) is 5.82. The zero-order valence-electron chi connectivity index (χ0n) is 13.3. The Balaban J connectivity index is 2.56. The standard InChI is InChI=1S/C18H30ClN/c1-4-6-8-10-16(11-9-7-5-2)20-18-13-12-15(3)14-17(18)19/h12-14,16,20H,4-11H2,1-3H3. The fourth-order valence-corrected chi connectivity index (χ4v) is 2.82. The number of aryl methyl sites for hydroxylation is 1. The van der Waals surface area contributed by atoms with Crippen LogP contribution in [0.15, 0.2) is 18.2 Å². The van der Waals surface area contributed by atoms with E-state index in [4.69, 9.17) is 11.6 Å². The molecule has 2 heteroatoms. The monoisotopic (exact) mass is 295 g/mol. The maximum absolute atomic E-state index is 6.33. The second kappa shape index (κ2) is 10.1. The summed E-state index contributed by atoms with van der Waals surface area (Å²) in [5, 5.41) is 4.51. The van der Waals surface area contributed by atoms with Crippen molar-refractivity contribution in [3.05, 3.63) is 28.8 Å². The van der Waals surface area contributed by atoms with Crippen molar-refractivity contribution in [3.8, 4) is 0 Å². The fraction of sp³-hybridized carbons (Fsp3) is 0.667. The van der Waals surface area contributed by atoms with Crippen LogP contribution in [0.1, 0.15) is 70.8 Å². The second-order valence-corrected chi connectivity index (χ2v) is 6.22. The summed E-state index contributed by atoms with van der Waals surface area (Å²) >= 11 is 6.33. The van der Waals surface area contributed by atoms with Gasteiger partial charge in [0.15, 0.2) is 0 Å². The summed E-state index contributed by atoms with van der Waals surface area (Å²) in [5.41, 5.74) is 2.31. The number of nitrogens with one attached hydrogen (secondary N) is 1. The van der Waals surface area contributed by atoms with Crippen molar-refractivity contribution in [1.82, 2.24) is 0 Å². The smallest absolute Gasteiger partial charge is 0.0640 e. The minimum Gasteiger partial charge on any atom is -0.381 e. The molecule has 20 heavy (non-hydrogen) atoms. The van der Waals surface area contributed by atoms with Crippen molar-refractivity contribution < 1.29 is 0 Å². The van der Waals surface area contributed by atoms with Crippen LogP contribution in [0.5, 0.6) is 0 Å². The largest absolute Gasteiger partial charge is 0.381 e. The number of hydrogen-bond acceptors (Lipinski definition) is 1. The SMILES string of the molecule is CCCCCC(CCCCC)Nc1ccc(C)cc1Cl. The maximum Gasteiger partial charge on any atom is 0.0640 e. The van der Waals surface area contributed by atoms with Crippen LogP contribution in [0.25, 0.3) is 0 Å². The van der Waals surface area contributed by atoms with Crippen LogP contribution in [0, 0.1) is 6.92 Å². The molecule has 1 N–H and O–H groups in total. The van der Waals surface area contributed by atoms with Gasteiger partial charge in [-0.25, -0.2) is 0 Å². The Morgan fingerprint density at radius 3 is 2.10 bits per heavy atom. The van der Waals surface area contributed by atoms with Crippen molar-refractivity contribution >= 4 is 17.3 Å². The van der Waals surface area contributed by atoms with E-state index in [9.17, 15) is 0 Å². The van der Waals surface area contributed by atoms with Gasteiger partial charge in [-0.1, -0.05) is 70.0 Å². The highest BCUT2D eigenvalue weighted by atomic mass is 35.5. The van der Waals surface area contributed by atoms with Crippen LogP contribution in [0.2, 0.25) is 5.02 Å². The zero-order chi connectivity index (χ0) is 14.8. The van der Waals surface area contributed by atoms with Gasteiger partial charge in [0.1, 0.15) is 0 Å². The molecule has 0 unspecified atom stereocenters. The minimum absolute atomic E-state index is 0.563. The van der Waals surface area contributed by atoms with Crippen molar-refractivity contribution in [3.63, 3.8) is 0 Å². The first-order valence-corrected chi connectivity index (χ1v) is 8.57. The Bertz CT molecular complexity index is 366. The van der Waals surface area contributed by atoms with E-state index in [0.29, 0.717) is 6.04 Å². The molecule has 0 saturated heterocycles. The van der Waals surface area contributed by atoms with Crippen molar-refractivity contribution in [2.45, 2.75) is 78.2 Å². The molecule has 0 radical (unpaired) electrons. The number of hydrogen-bond donors (Lipinski definition) is 1. The molecule has 0 saturated carbocycles. The quantitative estimate of drug-likeness (QED) is 0.480. The first-order valence-electron chi connectivity index (χ1n) is 8.20. The number of unbranched alkanes of at least 4 members (excludes halogenated alkanes) is 4. The number of benzene rings is 1. The van der Waals surface area contributed by atoms with Gasteiger partial charge in [-0.05, 0) is 37.5 Å². The normalized spacial score (nSPS) is 11.1. The van der Waals surface area contributed by atoms with E-state index in [1.165, 1.54) is 56.9 Å². The van der Waals surface area contributed by atoms with E-state index in [1.54, 1.807) is 0 Å². The third-order valence-corrected chi connectivity index (χ3v) is 4.11. The molecule has 114 valence electrons. The average molecular weight is 296 g/mol. The van der Waals surface area contributed by atoms with Crippen LogP contribution >= 0.6 is 11.6 Å². The van der Waals surface area contributed by atoms with Gasteiger partial charge in [-0.15, -0.1) is 0 Å². The van der Waals surface area contributed by atoms with Crippen LogP contribution < -0.4 is 5.32 Å². The molecule has 0 aliphatic carbocycles. The van der Waals surface area contributed by atoms with Crippen LogP contribution in [0.3, 0.4) is 0 Å². The summed E-state index contributed by atoms with van der Waals surface area (Å²) in [6.07, 6.45) is 10.3. The van der Waals surface area contributed by atoms with Crippen molar-refractivity contribution in [1.29, 1.82) is 0 Å². The lowest BCUT2D eigenvalue weighted by Gasteiger charge is -2.21. The maximum atomic E-state index is 6.33. The topological polar surface area (TPSA) is 12.0 Å². The third-order valence-electron chi connectivity index (χ3n) is 3.80. The van der Waals surface area contributed by atoms with E-state index in [2.05, 4.69) is 38.2 Å². The van der Waals surface area contributed by atoms with Gasteiger partial charge in [-0.3, -0.25) is 0 Å². The lowest BCUT2D eigenvalue weighted by atomic mass is 10.0. The molecule has 1 rings (SSSR count). The van der Waals surface area contributed by atoms with Gasteiger partial charge in [0, 0.05) is 6.04 Å². The lowest BCUT2D eigenvalue weighted by molar-refractivity contribution is 0.526. The molecule has 0 atom stereocenters. The summed E-state index contributed by atoms with van der Waals surface area (Å²) < 4.78 is 0. The first-order chi connectivity index (χ1) is 9.67. The molecule has 0 fully saturated rings. The Morgan fingerprint density at radius 1 is 1.00 bits per heavy atom. The fourth-order valence-electron chi connectivity index (χ4n) is 2.53. The van der Waals surface area contributed by atoms with Crippen molar-refractivity contribution in [2.24, 2.45) is 0 Å². The molecule has 1 nitrogen and oxygen atoms in total. The van der Waals surface area contributed by atoms with E-state index in [1.807, 2.05) is 6.07 Å². The summed E-state index contributed by atoms with van der Waals surface area (Å²) in [6.45, 7) is 6.60. The molecular formula is C18H30ClN. The number of rotatable bonds is 10. The summed E-state index contributed by atoms with van der Waals surface area (Å²) in [5.74, 6) is 0. The van der Waals surface area contributed by atoms with Crippen LogP contribution in [0.4, 0.5) is 5.69 Å². The molecule has 0 aliphatic heterocycles. The molecular weight excluding hydrogens is 266 g/mol. The van der Waals surface area contributed by atoms with Gasteiger partial charge in [-0.2, -0.15) is 0 Å². The average Bonchev–Trinajstić information content (AvgIpc) is 2.42. The first kappa shape index (κ1) is 17.4. The van der Waals surface area contributed by atoms with Crippen LogP contribution in [-0.2, 0) is 0 Å². The third kappa shape index (κ3) is 6.65. The Morgan fingerprint density at radius 2 is 1.60 bits per heavy atom. The molecule has 0 spiro atoms. The molecule has 0 amide bonds. The van der Waals surface area contributed by atoms with Gasteiger partial charge in [0.25, 0.3) is 0 Å². The lowest BCUT2D eigenvalue weighted by Crippen LogP contribution is -2.19. The Labute approximate surface area is 130 Å². The van der Waals surface area contributed by atoms with Gasteiger partial charge in [0.2, 0.25) is 0 Å². The molecule has 0 bridgehead atoms. The van der Waals surface area contributed by atoms with E-state index in [0.717, 1.165) is 10.7 Å². The molecule has 1 aromatic carbocycles. The Kier molecular flexibility index (Phi) is 8.77. The molecule has 0 aromatic heterocycles. The van der Waals surface area contributed by atoms with E-state index in [-0.39, 0.29) is 0 Å². The van der Waals surface area contributed by atoms with Crippen molar-refractivity contribution in [2.75, 3.05) is 5.32 Å². The highest BCUT2D eigenvalue weighted by molar-refractivity contribution is 6.33.